The summed E-state index contributed by atoms with van der Waals surface area (Å²) in [6, 6.07) is 3.58. The van der Waals surface area contributed by atoms with Crippen molar-refractivity contribution in [3.8, 4) is 0 Å². The van der Waals surface area contributed by atoms with Crippen LogP contribution in [-0.2, 0) is 20.9 Å². The molecule has 1 rings (SSSR count). The maximum absolute atomic E-state index is 11.8. The van der Waals surface area contributed by atoms with E-state index in [-0.39, 0.29) is 25.0 Å². The molecule has 0 radical (unpaired) electrons. The van der Waals surface area contributed by atoms with Crippen LogP contribution in [0.1, 0.15) is 5.76 Å². The maximum atomic E-state index is 11.8. The Morgan fingerprint density at radius 3 is 2.61 bits per heavy atom. The molecule has 18 heavy (non-hydrogen) atoms. The Balaban J connectivity index is 2.37. The Bertz CT molecular complexity index is 389. The van der Waals surface area contributed by atoms with Gasteiger partial charge in [-0.3, -0.25) is 14.5 Å². The highest BCUT2D eigenvalue weighted by Gasteiger charge is 2.15. The van der Waals surface area contributed by atoms with Crippen molar-refractivity contribution in [2.45, 2.75) is 6.54 Å². The van der Waals surface area contributed by atoms with Gasteiger partial charge in [0.25, 0.3) is 0 Å². The molecule has 0 aromatic carbocycles. The first-order chi connectivity index (χ1) is 8.52. The number of furan rings is 1. The smallest absolute Gasteiger partial charge is 0.319 e. The third-order valence-corrected chi connectivity index (χ3v) is 2.43. The Kier molecular flexibility index (Phi) is 5.38. The number of hydrogen-bond donors (Lipinski definition) is 0. The summed E-state index contributed by atoms with van der Waals surface area (Å²) in [6.45, 7) is 0.668. The second kappa shape index (κ2) is 6.80. The summed E-state index contributed by atoms with van der Waals surface area (Å²) in [5, 5.41) is 0. The number of likely N-dealkylation sites (N-methyl/N-ethyl adjacent to an activating group) is 2. The second-order valence-corrected chi connectivity index (χ2v) is 4.08. The fraction of sp³-hybridized carbons (Fsp3) is 0.500. The summed E-state index contributed by atoms with van der Waals surface area (Å²) in [5.41, 5.74) is 0. The molecule has 0 fully saturated rings. The quantitative estimate of drug-likeness (QED) is 0.685. The molecule has 1 aromatic rings. The molecule has 0 bridgehead atoms. The molecule has 6 nitrogen and oxygen atoms in total. The van der Waals surface area contributed by atoms with Crippen molar-refractivity contribution in [2.24, 2.45) is 0 Å². The number of amides is 1. The second-order valence-electron chi connectivity index (χ2n) is 4.08. The number of ether oxygens (including phenoxy) is 1. The zero-order valence-electron chi connectivity index (χ0n) is 10.9. The maximum Gasteiger partial charge on any atom is 0.319 e. The minimum atomic E-state index is -0.362. The van der Waals surface area contributed by atoms with E-state index >= 15 is 0 Å². The van der Waals surface area contributed by atoms with E-state index in [0.717, 1.165) is 5.76 Å². The first kappa shape index (κ1) is 14.2. The van der Waals surface area contributed by atoms with Gasteiger partial charge in [-0.1, -0.05) is 0 Å². The van der Waals surface area contributed by atoms with E-state index in [1.807, 2.05) is 6.07 Å². The predicted molar refractivity (Wildman–Crippen MR) is 64.7 cm³/mol. The fourth-order valence-corrected chi connectivity index (χ4v) is 1.42. The Morgan fingerprint density at radius 1 is 1.33 bits per heavy atom. The zero-order valence-corrected chi connectivity index (χ0v) is 10.9. The van der Waals surface area contributed by atoms with E-state index in [0.29, 0.717) is 6.54 Å². The molecule has 0 saturated heterocycles. The van der Waals surface area contributed by atoms with Crippen molar-refractivity contribution >= 4 is 11.9 Å². The van der Waals surface area contributed by atoms with Crippen LogP contribution in [0.15, 0.2) is 22.8 Å². The molecule has 0 N–H and O–H groups in total. The molecule has 0 aliphatic carbocycles. The van der Waals surface area contributed by atoms with E-state index in [9.17, 15) is 9.59 Å². The van der Waals surface area contributed by atoms with Gasteiger partial charge in [-0.25, -0.2) is 0 Å². The lowest BCUT2D eigenvalue weighted by Gasteiger charge is -2.20. The van der Waals surface area contributed by atoms with Gasteiger partial charge in [-0.05, 0) is 19.2 Å². The van der Waals surface area contributed by atoms with Crippen molar-refractivity contribution in [3.05, 3.63) is 24.2 Å². The molecular weight excluding hydrogens is 236 g/mol. The molecular formula is C12H18N2O4. The van der Waals surface area contributed by atoms with Gasteiger partial charge >= 0.3 is 5.97 Å². The Labute approximate surface area is 106 Å². The highest BCUT2D eigenvalue weighted by atomic mass is 16.5. The van der Waals surface area contributed by atoms with Crippen LogP contribution in [0.5, 0.6) is 0 Å². The minimum Gasteiger partial charge on any atom is -0.468 e. The van der Waals surface area contributed by atoms with Gasteiger partial charge in [-0.2, -0.15) is 0 Å². The van der Waals surface area contributed by atoms with Gasteiger partial charge in [0.1, 0.15) is 5.76 Å². The lowest BCUT2D eigenvalue weighted by atomic mass is 10.4. The van der Waals surface area contributed by atoms with Crippen LogP contribution in [0.3, 0.4) is 0 Å². The average molecular weight is 254 g/mol. The van der Waals surface area contributed by atoms with Gasteiger partial charge in [0, 0.05) is 7.05 Å². The van der Waals surface area contributed by atoms with Crippen LogP contribution < -0.4 is 0 Å². The summed E-state index contributed by atoms with van der Waals surface area (Å²) in [6.07, 6.45) is 1.57. The third-order valence-electron chi connectivity index (χ3n) is 2.43. The highest BCUT2D eigenvalue weighted by molar-refractivity contribution is 5.79. The molecule has 0 aliphatic heterocycles. The van der Waals surface area contributed by atoms with Crippen molar-refractivity contribution in [3.63, 3.8) is 0 Å². The summed E-state index contributed by atoms with van der Waals surface area (Å²) in [7, 11) is 4.70. The van der Waals surface area contributed by atoms with Crippen LogP contribution in [0.25, 0.3) is 0 Å². The topological polar surface area (TPSA) is 63.0 Å². The van der Waals surface area contributed by atoms with Gasteiger partial charge < -0.3 is 14.1 Å². The van der Waals surface area contributed by atoms with Crippen molar-refractivity contribution < 1.29 is 18.7 Å². The highest BCUT2D eigenvalue weighted by Crippen LogP contribution is 2.04. The number of methoxy groups -OCH3 is 1. The largest absolute Gasteiger partial charge is 0.468 e. The number of carbonyl (C=O) groups is 2. The average Bonchev–Trinajstić information content (AvgIpc) is 2.81. The van der Waals surface area contributed by atoms with E-state index in [1.54, 1.807) is 36.2 Å². The number of hydrogen-bond acceptors (Lipinski definition) is 5. The van der Waals surface area contributed by atoms with Crippen molar-refractivity contribution in [2.75, 3.05) is 34.3 Å². The van der Waals surface area contributed by atoms with Gasteiger partial charge in [0.2, 0.25) is 5.91 Å². The SMILES string of the molecule is COC(=O)CN(C)CC(=O)N(C)Cc1ccco1. The summed E-state index contributed by atoms with van der Waals surface area (Å²) in [4.78, 5) is 26.0. The van der Waals surface area contributed by atoms with Crippen LogP contribution in [0.4, 0.5) is 0 Å². The first-order valence-electron chi connectivity index (χ1n) is 5.54. The summed E-state index contributed by atoms with van der Waals surface area (Å²) >= 11 is 0. The molecule has 0 atom stereocenters. The van der Waals surface area contributed by atoms with Gasteiger partial charge in [0.15, 0.2) is 0 Å². The monoisotopic (exact) mass is 254 g/mol. The van der Waals surface area contributed by atoms with E-state index < -0.39 is 0 Å². The molecule has 0 saturated carbocycles. The van der Waals surface area contributed by atoms with Crippen molar-refractivity contribution in [1.82, 2.24) is 9.80 Å². The van der Waals surface area contributed by atoms with Crippen LogP contribution in [-0.4, -0.2) is 56.0 Å². The molecule has 1 aromatic heterocycles. The third kappa shape index (κ3) is 4.58. The zero-order chi connectivity index (χ0) is 13.5. The predicted octanol–water partition coefficient (Wildman–Crippen LogP) is 0.343. The van der Waals surface area contributed by atoms with Crippen molar-refractivity contribution in [1.29, 1.82) is 0 Å². The normalized spacial score (nSPS) is 10.4. The minimum absolute atomic E-state index is 0.0854. The number of esters is 1. The summed E-state index contributed by atoms with van der Waals surface area (Å²) < 4.78 is 9.69. The lowest BCUT2D eigenvalue weighted by Crippen LogP contribution is -2.38. The molecule has 0 spiro atoms. The van der Waals surface area contributed by atoms with E-state index in [2.05, 4.69) is 4.74 Å². The molecule has 1 amide bonds. The lowest BCUT2D eigenvalue weighted by molar-refractivity contribution is -0.142. The van der Waals surface area contributed by atoms with Crippen LogP contribution >= 0.6 is 0 Å². The number of nitrogens with zero attached hydrogens (tertiary/aromatic N) is 2. The Morgan fingerprint density at radius 2 is 2.06 bits per heavy atom. The standard InChI is InChI=1S/C12H18N2O4/c1-13(9-12(16)17-3)8-11(15)14(2)7-10-5-4-6-18-10/h4-6H,7-9H2,1-3H3. The number of rotatable bonds is 6. The van der Waals surface area contributed by atoms with Gasteiger partial charge in [0.05, 0.1) is 33.0 Å². The van der Waals surface area contributed by atoms with Crippen LogP contribution in [0, 0.1) is 0 Å². The molecule has 0 unspecified atom stereocenters. The van der Waals surface area contributed by atoms with E-state index in [1.165, 1.54) is 7.11 Å². The molecule has 0 aliphatic rings. The fourth-order valence-electron chi connectivity index (χ4n) is 1.42. The molecule has 6 heteroatoms. The molecule has 100 valence electrons. The Hall–Kier alpha value is -1.82. The first-order valence-corrected chi connectivity index (χ1v) is 5.54. The molecule has 1 heterocycles. The van der Waals surface area contributed by atoms with E-state index in [4.69, 9.17) is 4.42 Å². The van der Waals surface area contributed by atoms with Crippen LogP contribution in [0.2, 0.25) is 0 Å². The number of carbonyl (C=O) groups excluding carboxylic acids is 2. The van der Waals surface area contributed by atoms with Gasteiger partial charge in [-0.15, -0.1) is 0 Å². The summed E-state index contributed by atoms with van der Waals surface area (Å²) in [5.74, 6) is 0.276.